The number of nitrogens with one attached hydrogen (secondary N) is 1. The quantitative estimate of drug-likeness (QED) is 0.337. The molecule has 0 bridgehead atoms. The topological polar surface area (TPSA) is 41.8 Å². The molecule has 0 radical (unpaired) electrons. The maximum absolute atomic E-state index is 5.76. The number of nitrogens with two attached hydrogens (primary N) is 1. The molecule has 0 spiro atoms. The van der Waals surface area contributed by atoms with Gasteiger partial charge in [0.15, 0.2) is 0 Å². The third kappa shape index (κ3) is 3.83. The first kappa shape index (κ1) is 18.8. The molecule has 0 fully saturated rings. The Bertz CT molecular complexity index is 1070. The first-order chi connectivity index (χ1) is 13.8. The summed E-state index contributed by atoms with van der Waals surface area (Å²) in [5, 5.41) is 3.96. The number of aromatic amines is 1. The van der Waals surface area contributed by atoms with Gasteiger partial charge in [-0.2, -0.15) is 0 Å². The van der Waals surface area contributed by atoms with Crippen LogP contribution in [-0.2, 0) is 12.8 Å². The molecule has 3 N–H and O–H groups in total. The van der Waals surface area contributed by atoms with E-state index in [4.69, 9.17) is 5.73 Å². The number of H-pyrrole nitrogens is 1. The average molecular weight is 371 g/mol. The molecule has 4 rings (SSSR count). The number of fused-ring (bicyclic) bond motifs is 2. The van der Waals surface area contributed by atoms with Crippen LogP contribution in [0.1, 0.15) is 43.7 Å². The van der Waals surface area contributed by atoms with Gasteiger partial charge in [-0.05, 0) is 84.3 Å². The zero-order valence-corrected chi connectivity index (χ0v) is 16.8. The fraction of sp³-hybridized carbons (Fsp3) is 0.308. The summed E-state index contributed by atoms with van der Waals surface area (Å²) in [5.74, 6) is 0. The van der Waals surface area contributed by atoms with Gasteiger partial charge in [0.2, 0.25) is 0 Å². The molecular formula is C26H30N2. The Morgan fingerprint density at radius 1 is 0.821 bits per heavy atom. The van der Waals surface area contributed by atoms with Gasteiger partial charge in [-0.25, -0.2) is 0 Å². The summed E-state index contributed by atoms with van der Waals surface area (Å²) in [6.07, 6.45) is 6.90. The summed E-state index contributed by atoms with van der Waals surface area (Å²) < 4.78 is 0. The van der Waals surface area contributed by atoms with Gasteiger partial charge in [-0.1, -0.05) is 55.8 Å². The second-order valence-corrected chi connectivity index (χ2v) is 7.77. The lowest BCUT2D eigenvalue weighted by molar-refractivity contribution is 0.748. The Labute approximate surface area is 167 Å². The van der Waals surface area contributed by atoms with Crippen LogP contribution in [0.15, 0.2) is 60.7 Å². The number of hydrogen-bond donors (Lipinski definition) is 2. The molecular weight excluding hydrogens is 340 g/mol. The van der Waals surface area contributed by atoms with Crippen LogP contribution in [0.2, 0.25) is 0 Å². The first-order valence-corrected chi connectivity index (χ1v) is 10.6. The molecule has 0 aliphatic heterocycles. The highest BCUT2D eigenvalue weighted by Gasteiger charge is 2.14. The van der Waals surface area contributed by atoms with E-state index in [-0.39, 0.29) is 0 Å². The highest BCUT2D eigenvalue weighted by Crippen LogP contribution is 2.34. The van der Waals surface area contributed by atoms with Gasteiger partial charge in [0.05, 0.1) is 0 Å². The molecule has 0 saturated carbocycles. The summed E-state index contributed by atoms with van der Waals surface area (Å²) in [5.41, 5.74) is 12.4. The van der Waals surface area contributed by atoms with Gasteiger partial charge in [-0.3, -0.25) is 0 Å². The van der Waals surface area contributed by atoms with Crippen LogP contribution in [0, 0.1) is 0 Å². The molecule has 3 aromatic carbocycles. The number of aromatic nitrogens is 1. The molecule has 1 aromatic heterocycles. The average Bonchev–Trinajstić information content (AvgIpc) is 3.10. The van der Waals surface area contributed by atoms with Crippen LogP contribution in [0.5, 0.6) is 0 Å². The first-order valence-electron chi connectivity index (χ1n) is 10.6. The van der Waals surface area contributed by atoms with Crippen molar-refractivity contribution in [2.75, 3.05) is 6.54 Å². The molecule has 2 heteroatoms. The Balaban J connectivity index is 1.81. The van der Waals surface area contributed by atoms with E-state index >= 15 is 0 Å². The number of benzene rings is 3. The predicted octanol–water partition coefficient (Wildman–Crippen LogP) is 6.61. The predicted molar refractivity (Wildman–Crippen MR) is 122 cm³/mol. The summed E-state index contributed by atoms with van der Waals surface area (Å²) in [6, 6.07) is 22.3. The lowest BCUT2D eigenvalue weighted by atomic mass is 9.97. The van der Waals surface area contributed by atoms with Crippen molar-refractivity contribution in [1.82, 2.24) is 4.98 Å². The number of hydrogen-bond acceptors (Lipinski definition) is 1. The van der Waals surface area contributed by atoms with Gasteiger partial charge >= 0.3 is 0 Å². The van der Waals surface area contributed by atoms with Crippen molar-refractivity contribution >= 4 is 21.7 Å². The maximum atomic E-state index is 5.76. The fourth-order valence-electron chi connectivity index (χ4n) is 4.13. The molecule has 4 aromatic rings. The molecule has 0 aliphatic carbocycles. The van der Waals surface area contributed by atoms with E-state index in [9.17, 15) is 0 Å². The maximum Gasteiger partial charge on any atom is 0.0497 e. The van der Waals surface area contributed by atoms with Crippen molar-refractivity contribution in [3.05, 3.63) is 71.8 Å². The zero-order chi connectivity index (χ0) is 19.3. The highest BCUT2D eigenvalue weighted by atomic mass is 14.7. The second kappa shape index (κ2) is 8.62. The van der Waals surface area contributed by atoms with E-state index in [1.165, 1.54) is 56.9 Å². The summed E-state index contributed by atoms with van der Waals surface area (Å²) in [7, 11) is 0. The van der Waals surface area contributed by atoms with Crippen molar-refractivity contribution in [2.45, 2.75) is 45.4 Å². The molecule has 28 heavy (non-hydrogen) atoms. The molecule has 0 unspecified atom stereocenters. The van der Waals surface area contributed by atoms with E-state index < -0.39 is 0 Å². The molecule has 0 amide bonds. The number of unbranched alkanes of at least 4 members (excludes halogenated alkanes) is 2. The molecule has 0 saturated heterocycles. The van der Waals surface area contributed by atoms with Crippen LogP contribution in [0.3, 0.4) is 0 Å². The third-order valence-corrected chi connectivity index (χ3v) is 5.71. The van der Waals surface area contributed by atoms with E-state index in [1.807, 2.05) is 0 Å². The van der Waals surface area contributed by atoms with Crippen LogP contribution in [0.25, 0.3) is 32.9 Å². The van der Waals surface area contributed by atoms with Crippen molar-refractivity contribution in [2.24, 2.45) is 5.73 Å². The van der Waals surface area contributed by atoms with E-state index in [1.54, 1.807) is 0 Å². The lowest BCUT2D eigenvalue weighted by Gasteiger charge is -2.07. The minimum absolute atomic E-state index is 0.759. The van der Waals surface area contributed by atoms with Crippen LogP contribution in [-0.4, -0.2) is 11.5 Å². The highest BCUT2D eigenvalue weighted by molar-refractivity contribution is 5.94. The standard InChI is InChI=1S/C26H30N2/c1-2-3-8-19-12-15-25-24(17-19)23(11-6-7-16-27)26(28-25)22-14-13-20-9-4-5-10-21(20)18-22/h4-5,9-10,12-15,17-18,28H,2-3,6-8,11,16,27H2,1H3. The SMILES string of the molecule is CCCCc1ccc2[nH]c(-c3ccc4ccccc4c3)c(CCCCN)c2c1. The Morgan fingerprint density at radius 2 is 1.68 bits per heavy atom. The minimum atomic E-state index is 0.759. The minimum Gasteiger partial charge on any atom is -0.354 e. The summed E-state index contributed by atoms with van der Waals surface area (Å²) in [6.45, 7) is 3.01. The Morgan fingerprint density at radius 3 is 2.50 bits per heavy atom. The fourth-order valence-corrected chi connectivity index (χ4v) is 4.13. The van der Waals surface area contributed by atoms with Crippen LogP contribution >= 0.6 is 0 Å². The summed E-state index contributed by atoms with van der Waals surface area (Å²) in [4.78, 5) is 3.72. The van der Waals surface area contributed by atoms with Crippen molar-refractivity contribution < 1.29 is 0 Å². The molecule has 0 atom stereocenters. The summed E-state index contributed by atoms with van der Waals surface area (Å²) >= 11 is 0. The molecule has 1 heterocycles. The smallest absolute Gasteiger partial charge is 0.0497 e. The van der Waals surface area contributed by atoms with Crippen LogP contribution in [0.4, 0.5) is 0 Å². The monoisotopic (exact) mass is 370 g/mol. The third-order valence-electron chi connectivity index (χ3n) is 5.71. The van der Waals surface area contributed by atoms with Gasteiger partial charge < -0.3 is 10.7 Å². The van der Waals surface area contributed by atoms with Gasteiger partial charge in [0.1, 0.15) is 0 Å². The molecule has 0 aliphatic rings. The Kier molecular flexibility index (Phi) is 5.78. The zero-order valence-electron chi connectivity index (χ0n) is 16.8. The molecule has 144 valence electrons. The van der Waals surface area contributed by atoms with Gasteiger partial charge in [0.25, 0.3) is 0 Å². The normalized spacial score (nSPS) is 11.5. The largest absolute Gasteiger partial charge is 0.354 e. The lowest BCUT2D eigenvalue weighted by Crippen LogP contribution is -1.99. The number of rotatable bonds is 8. The number of aryl methyl sites for hydroxylation is 2. The van der Waals surface area contributed by atoms with E-state index in [2.05, 4.69) is 72.6 Å². The van der Waals surface area contributed by atoms with E-state index in [0.717, 1.165) is 32.2 Å². The van der Waals surface area contributed by atoms with Crippen molar-refractivity contribution in [3.63, 3.8) is 0 Å². The van der Waals surface area contributed by atoms with Gasteiger partial charge in [-0.15, -0.1) is 0 Å². The Hall–Kier alpha value is -2.58. The van der Waals surface area contributed by atoms with Crippen molar-refractivity contribution in [3.8, 4) is 11.3 Å². The van der Waals surface area contributed by atoms with Crippen LogP contribution < -0.4 is 5.73 Å². The van der Waals surface area contributed by atoms with E-state index in [0.29, 0.717) is 0 Å². The second-order valence-electron chi connectivity index (χ2n) is 7.77. The van der Waals surface area contributed by atoms with Crippen molar-refractivity contribution in [1.29, 1.82) is 0 Å². The molecule has 2 nitrogen and oxygen atoms in total. The van der Waals surface area contributed by atoms with Gasteiger partial charge in [0, 0.05) is 16.6 Å².